The van der Waals surface area contributed by atoms with Gasteiger partial charge in [0, 0.05) is 6.54 Å². The second-order valence-corrected chi connectivity index (χ2v) is 3.44. The van der Waals surface area contributed by atoms with Crippen molar-refractivity contribution in [3.05, 3.63) is 30.4 Å². The predicted octanol–water partition coefficient (Wildman–Crippen LogP) is 0.591. The van der Waals surface area contributed by atoms with Crippen molar-refractivity contribution in [3.8, 4) is 0 Å². The van der Waals surface area contributed by atoms with E-state index in [0.29, 0.717) is 12.4 Å². The summed E-state index contributed by atoms with van der Waals surface area (Å²) in [5, 5.41) is 11.1. The van der Waals surface area contributed by atoms with E-state index in [1.165, 1.54) is 0 Å². The number of nitrogens with one attached hydrogen (secondary N) is 2. The van der Waals surface area contributed by atoms with Crippen LogP contribution in [0.15, 0.2) is 24.5 Å². The number of aryl methyl sites for hydroxylation is 1. The first kappa shape index (κ1) is 11.3. The molecule has 0 aliphatic heterocycles. The Kier molecular flexibility index (Phi) is 3.51. The topological polar surface area (TPSA) is 93.7 Å². The highest BCUT2D eigenvalue weighted by atomic mass is 15.3. The van der Waals surface area contributed by atoms with E-state index in [0.717, 1.165) is 18.2 Å². The van der Waals surface area contributed by atoms with Gasteiger partial charge in [-0.05, 0) is 19.1 Å². The molecule has 0 saturated carbocycles. The SMILES string of the molecule is CCn1cnnc1CNc1cccc(NN)n1. The fraction of sp³-hybridized carbons (Fsp3) is 0.300. The molecule has 90 valence electrons. The molecule has 2 aromatic heterocycles. The Morgan fingerprint density at radius 1 is 1.35 bits per heavy atom. The minimum Gasteiger partial charge on any atom is -0.363 e. The maximum atomic E-state index is 5.29. The zero-order valence-corrected chi connectivity index (χ0v) is 9.59. The molecule has 0 atom stereocenters. The molecule has 2 heterocycles. The average molecular weight is 233 g/mol. The summed E-state index contributed by atoms with van der Waals surface area (Å²) in [6.07, 6.45) is 1.71. The number of pyridine rings is 1. The molecule has 4 N–H and O–H groups in total. The van der Waals surface area contributed by atoms with Crippen LogP contribution in [0.2, 0.25) is 0 Å². The molecule has 0 unspecified atom stereocenters. The second-order valence-electron chi connectivity index (χ2n) is 3.44. The molecule has 0 saturated heterocycles. The number of hydrogen-bond donors (Lipinski definition) is 3. The number of rotatable bonds is 5. The van der Waals surface area contributed by atoms with Gasteiger partial charge in [0.25, 0.3) is 0 Å². The van der Waals surface area contributed by atoms with E-state index in [4.69, 9.17) is 5.84 Å². The van der Waals surface area contributed by atoms with Crippen molar-refractivity contribution in [2.45, 2.75) is 20.0 Å². The minimum atomic E-state index is 0.578. The van der Waals surface area contributed by atoms with Crippen LogP contribution in [0.5, 0.6) is 0 Å². The molecule has 17 heavy (non-hydrogen) atoms. The fourth-order valence-corrected chi connectivity index (χ4v) is 1.46. The highest BCUT2D eigenvalue weighted by Crippen LogP contribution is 2.08. The van der Waals surface area contributed by atoms with Gasteiger partial charge in [0.1, 0.15) is 18.0 Å². The lowest BCUT2D eigenvalue weighted by molar-refractivity contribution is 0.707. The third kappa shape index (κ3) is 2.70. The summed E-state index contributed by atoms with van der Waals surface area (Å²) in [6, 6.07) is 5.53. The highest BCUT2D eigenvalue weighted by molar-refractivity contribution is 5.44. The Bertz CT molecular complexity index is 479. The standard InChI is InChI=1S/C10H15N7/c1-2-17-7-13-16-10(17)6-12-8-4-3-5-9(14-8)15-11/h3-5,7H,2,6,11H2,1H3,(H2,12,14,15). The zero-order chi connectivity index (χ0) is 12.1. The third-order valence-corrected chi connectivity index (χ3v) is 2.36. The van der Waals surface area contributed by atoms with E-state index < -0.39 is 0 Å². The first-order valence-electron chi connectivity index (χ1n) is 5.37. The molecular weight excluding hydrogens is 218 g/mol. The van der Waals surface area contributed by atoms with Crippen LogP contribution in [0, 0.1) is 0 Å². The Hall–Kier alpha value is -2.15. The van der Waals surface area contributed by atoms with E-state index in [-0.39, 0.29) is 0 Å². The number of hydrazine groups is 1. The number of aromatic nitrogens is 4. The Morgan fingerprint density at radius 2 is 2.18 bits per heavy atom. The molecule has 0 aliphatic rings. The van der Waals surface area contributed by atoms with Crippen LogP contribution in [0.25, 0.3) is 0 Å². The van der Waals surface area contributed by atoms with Gasteiger partial charge in [-0.25, -0.2) is 10.8 Å². The van der Waals surface area contributed by atoms with Crippen molar-refractivity contribution >= 4 is 11.6 Å². The largest absolute Gasteiger partial charge is 0.363 e. The Morgan fingerprint density at radius 3 is 2.94 bits per heavy atom. The summed E-state index contributed by atoms with van der Waals surface area (Å²) < 4.78 is 1.97. The van der Waals surface area contributed by atoms with Crippen LogP contribution in [-0.4, -0.2) is 19.7 Å². The molecule has 0 spiro atoms. The van der Waals surface area contributed by atoms with Crippen molar-refractivity contribution in [1.29, 1.82) is 0 Å². The summed E-state index contributed by atoms with van der Waals surface area (Å²) >= 11 is 0. The lowest BCUT2D eigenvalue weighted by Crippen LogP contribution is -2.11. The Labute approximate surface area is 99.0 Å². The van der Waals surface area contributed by atoms with Crippen LogP contribution in [0.4, 0.5) is 11.6 Å². The normalized spacial score (nSPS) is 10.2. The van der Waals surface area contributed by atoms with E-state index in [1.807, 2.05) is 23.6 Å². The van der Waals surface area contributed by atoms with Crippen LogP contribution in [0.1, 0.15) is 12.7 Å². The smallest absolute Gasteiger partial charge is 0.152 e. The molecule has 0 aliphatic carbocycles. The molecule has 0 radical (unpaired) electrons. The molecule has 7 nitrogen and oxygen atoms in total. The van der Waals surface area contributed by atoms with Crippen LogP contribution < -0.4 is 16.6 Å². The molecule has 2 rings (SSSR count). The van der Waals surface area contributed by atoms with Gasteiger partial charge in [-0.2, -0.15) is 0 Å². The van der Waals surface area contributed by atoms with Crippen molar-refractivity contribution in [1.82, 2.24) is 19.7 Å². The summed E-state index contributed by atoms with van der Waals surface area (Å²) in [4.78, 5) is 4.24. The van der Waals surface area contributed by atoms with Gasteiger partial charge in [0.2, 0.25) is 0 Å². The first-order chi connectivity index (χ1) is 8.33. The monoisotopic (exact) mass is 233 g/mol. The molecule has 2 aromatic rings. The van der Waals surface area contributed by atoms with E-state index in [1.54, 1.807) is 12.4 Å². The molecule has 0 aromatic carbocycles. The number of anilines is 2. The molecular formula is C10H15N7. The predicted molar refractivity (Wildman–Crippen MR) is 65.1 cm³/mol. The summed E-state index contributed by atoms with van der Waals surface area (Å²) in [5.74, 6) is 7.52. The molecule has 0 fully saturated rings. The highest BCUT2D eigenvalue weighted by Gasteiger charge is 2.02. The quantitative estimate of drug-likeness (QED) is 0.517. The number of nitrogens with zero attached hydrogens (tertiary/aromatic N) is 4. The van der Waals surface area contributed by atoms with Crippen LogP contribution in [-0.2, 0) is 13.1 Å². The van der Waals surface area contributed by atoms with Crippen molar-refractivity contribution < 1.29 is 0 Å². The van der Waals surface area contributed by atoms with E-state index in [2.05, 4.69) is 25.9 Å². The second kappa shape index (κ2) is 5.26. The van der Waals surface area contributed by atoms with Crippen molar-refractivity contribution in [2.75, 3.05) is 10.7 Å². The van der Waals surface area contributed by atoms with Gasteiger partial charge in [0.05, 0.1) is 6.54 Å². The maximum absolute atomic E-state index is 5.29. The average Bonchev–Trinajstić information content (AvgIpc) is 2.84. The van der Waals surface area contributed by atoms with Crippen LogP contribution >= 0.6 is 0 Å². The van der Waals surface area contributed by atoms with Crippen molar-refractivity contribution in [2.24, 2.45) is 5.84 Å². The summed E-state index contributed by atoms with van der Waals surface area (Å²) in [5.41, 5.74) is 2.50. The van der Waals surface area contributed by atoms with Gasteiger partial charge in [-0.15, -0.1) is 10.2 Å². The van der Waals surface area contributed by atoms with Gasteiger partial charge >= 0.3 is 0 Å². The number of nitrogen functional groups attached to an aromatic ring is 1. The number of nitrogens with two attached hydrogens (primary N) is 1. The zero-order valence-electron chi connectivity index (χ0n) is 9.59. The molecule has 0 bridgehead atoms. The number of hydrogen-bond acceptors (Lipinski definition) is 6. The first-order valence-corrected chi connectivity index (χ1v) is 5.37. The van der Waals surface area contributed by atoms with Crippen LogP contribution in [0.3, 0.4) is 0 Å². The van der Waals surface area contributed by atoms with E-state index in [9.17, 15) is 0 Å². The lowest BCUT2D eigenvalue weighted by Gasteiger charge is -2.07. The maximum Gasteiger partial charge on any atom is 0.152 e. The summed E-state index contributed by atoms with van der Waals surface area (Å²) in [6.45, 7) is 3.47. The third-order valence-electron chi connectivity index (χ3n) is 2.36. The lowest BCUT2D eigenvalue weighted by atomic mass is 10.4. The fourth-order valence-electron chi connectivity index (χ4n) is 1.46. The van der Waals surface area contributed by atoms with E-state index >= 15 is 0 Å². The summed E-state index contributed by atoms with van der Waals surface area (Å²) in [7, 11) is 0. The van der Waals surface area contributed by atoms with Gasteiger partial charge in [-0.1, -0.05) is 6.07 Å². The van der Waals surface area contributed by atoms with Gasteiger partial charge < -0.3 is 15.3 Å². The van der Waals surface area contributed by atoms with Gasteiger partial charge in [0.15, 0.2) is 5.82 Å². The van der Waals surface area contributed by atoms with Gasteiger partial charge in [-0.3, -0.25) is 0 Å². The van der Waals surface area contributed by atoms with Crippen molar-refractivity contribution in [3.63, 3.8) is 0 Å². The minimum absolute atomic E-state index is 0.578. The molecule has 0 amide bonds. The molecule has 7 heteroatoms. The Balaban J connectivity index is 2.02.